The summed E-state index contributed by atoms with van der Waals surface area (Å²) < 4.78 is 0. The lowest BCUT2D eigenvalue weighted by Gasteiger charge is -2.22. The van der Waals surface area contributed by atoms with E-state index in [0.717, 1.165) is 5.56 Å². The van der Waals surface area contributed by atoms with Gasteiger partial charge in [0.1, 0.15) is 0 Å². The molecule has 0 bridgehead atoms. The minimum absolute atomic E-state index is 0.0547. The first kappa shape index (κ1) is 20.7. The first-order valence-electron chi connectivity index (χ1n) is 9.75. The fourth-order valence-corrected chi connectivity index (χ4v) is 3.84. The summed E-state index contributed by atoms with van der Waals surface area (Å²) >= 11 is 5.67. The average Bonchev–Trinajstić information content (AvgIpc) is 2.79. The van der Waals surface area contributed by atoms with Gasteiger partial charge in [0.15, 0.2) is 17.3 Å². The predicted molar refractivity (Wildman–Crippen MR) is 118 cm³/mol. The van der Waals surface area contributed by atoms with E-state index < -0.39 is 0 Å². The highest BCUT2D eigenvalue weighted by Crippen LogP contribution is 2.34. The Hall–Kier alpha value is -3.57. The maximum Gasteiger partial charge on any atom is 0.228 e. The molecule has 6 heteroatoms. The van der Waals surface area contributed by atoms with Crippen LogP contribution in [0.15, 0.2) is 66.7 Å². The van der Waals surface area contributed by atoms with Crippen molar-refractivity contribution in [3.05, 3.63) is 100 Å². The van der Waals surface area contributed by atoms with E-state index in [1.54, 1.807) is 30.3 Å². The molecule has 0 saturated heterocycles. The van der Waals surface area contributed by atoms with Crippen molar-refractivity contribution < 1.29 is 19.2 Å². The van der Waals surface area contributed by atoms with Crippen molar-refractivity contribution in [1.29, 1.82) is 0 Å². The number of nitrogens with one attached hydrogen (secondary N) is 1. The molecule has 1 aliphatic carbocycles. The van der Waals surface area contributed by atoms with Gasteiger partial charge in [-0.2, -0.15) is 0 Å². The molecule has 0 aliphatic heterocycles. The summed E-state index contributed by atoms with van der Waals surface area (Å²) in [5, 5.41) is 2.79. The number of ketones is 3. The van der Waals surface area contributed by atoms with E-state index in [-0.39, 0.29) is 64.4 Å². The van der Waals surface area contributed by atoms with Crippen LogP contribution in [0.4, 0.5) is 5.69 Å². The zero-order valence-electron chi connectivity index (χ0n) is 16.5. The first-order valence-corrected chi connectivity index (χ1v) is 10.3. The van der Waals surface area contributed by atoms with Crippen LogP contribution >= 0.6 is 11.6 Å². The van der Waals surface area contributed by atoms with Gasteiger partial charge in [0.2, 0.25) is 5.91 Å². The molecule has 0 spiro atoms. The Labute approximate surface area is 184 Å². The molecule has 0 saturated carbocycles. The Bertz CT molecular complexity index is 1220. The van der Waals surface area contributed by atoms with Crippen LogP contribution in [0.3, 0.4) is 0 Å². The molecule has 0 heterocycles. The molecule has 154 valence electrons. The lowest BCUT2D eigenvalue weighted by molar-refractivity contribution is -0.116. The van der Waals surface area contributed by atoms with Crippen LogP contribution < -0.4 is 5.32 Å². The maximum atomic E-state index is 13.3. The van der Waals surface area contributed by atoms with E-state index in [0.29, 0.717) is 11.1 Å². The smallest absolute Gasteiger partial charge is 0.228 e. The Morgan fingerprint density at radius 1 is 0.742 bits per heavy atom. The minimum Gasteiger partial charge on any atom is -0.325 e. The minimum atomic E-state index is -0.361. The third-order valence-corrected chi connectivity index (χ3v) is 5.49. The standard InChI is InChI=1S/C25H18ClNO4/c26-14-17(28)13-16-10-11-20-22(25(31)19-9-5-4-8-18(19)24(20)30)23(16)27-21(29)12-15-6-2-1-3-7-15/h1-11H,12-14H2,(H,27,29). The summed E-state index contributed by atoms with van der Waals surface area (Å²) in [6.45, 7) is 0. The molecule has 0 fully saturated rings. The molecule has 1 N–H and O–H groups in total. The second-order valence-corrected chi connectivity index (χ2v) is 7.55. The van der Waals surface area contributed by atoms with E-state index in [2.05, 4.69) is 5.32 Å². The molecule has 4 rings (SSSR count). The fourth-order valence-electron chi connectivity index (χ4n) is 3.74. The highest BCUT2D eigenvalue weighted by atomic mass is 35.5. The van der Waals surface area contributed by atoms with E-state index >= 15 is 0 Å². The summed E-state index contributed by atoms with van der Waals surface area (Å²) in [5.41, 5.74) is 2.38. The lowest BCUT2D eigenvalue weighted by atomic mass is 9.81. The molecule has 0 radical (unpaired) electrons. The van der Waals surface area contributed by atoms with Gasteiger partial charge in [-0.25, -0.2) is 0 Å². The number of amides is 1. The van der Waals surface area contributed by atoms with Crippen LogP contribution in [0.2, 0.25) is 0 Å². The number of carbonyl (C=O) groups is 4. The molecule has 31 heavy (non-hydrogen) atoms. The molecule has 1 amide bonds. The highest BCUT2D eigenvalue weighted by Gasteiger charge is 2.33. The van der Waals surface area contributed by atoms with Gasteiger partial charge < -0.3 is 5.32 Å². The van der Waals surface area contributed by atoms with E-state index in [1.807, 2.05) is 30.3 Å². The molecular formula is C25H18ClNO4. The lowest BCUT2D eigenvalue weighted by Crippen LogP contribution is -2.26. The number of rotatable bonds is 6. The van der Waals surface area contributed by atoms with Gasteiger partial charge in [0.25, 0.3) is 0 Å². The number of hydrogen-bond donors (Lipinski definition) is 1. The summed E-state index contributed by atoms with van der Waals surface area (Å²) in [6.07, 6.45) is 0.0347. The van der Waals surface area contributed by atoms with Crippen LogP contribution in [-0.4, -0.2) is 29.1 Å². The van der Waals surface area contributed by atoms with Crippen molar-refractivity contribution in [2.24, 2.45) is 0 Å². The molecule has 0 atom stereocenters. The highest BCUT2D eigenvalue weighted by molar-refractivity contribution is 6.31. The van der Waals surface area contributed by atoms with Crippen molar-refractivity contribution in [2.45, 2.75) is 12.8 Å². The topological polar surface area (TPSA) is 80.3 Å². The maximum absolute atomic E-state index is 13.3. The molecule has 1 aliphatic rings. The van der Waals surface area contributed by atoms with Crippen molar-refractivity contribution in [3.63, 3.8) is 0 Å². The number of fused-ring (bicyclic) bond motifs is 2. The summed E-state index contributed by atoms with van der Waals surface area (Å²) in [6, 6.07) is 18.9. The van der Waals surface area contributed by atoms with Gasteiger partial charge in [-0.3, -0.25) is 19.2 Å². The number of hydrogen-bond acceptors (Lipinski definition) is 4. The second-order valence-electron chi connectivity index (χ2n) is 7.29. The molecule has 0 unspecified atom stereocenters. The van der Waals surface area contributed by atoms with Gasteiger partial charge >= 0.3 is 0 Å². The van der Waals surface area contributed by atoms with Crippen molar-refractivity contribution in [3.8, 4) is 0 Å². The van der Waals surface area contributed by atoms with Gasteiger partial charge in [-0.15, -0.1) is 11.6 Å². The number of Topliss-reactive ketones (excluding diaryl/α,β-unsaturated/α-hetero) is 1. The zero-order chi connectivity index (χ0) is 22.0. The summed E-state index contributed by atoms with van der Waals surface area (Å²) in [4.78, 5) is 51.1. The van der Waals surface area contributed by atoms with Crippen molar-refractivity contribution >= 4 is 40.5 Å². The average molecular weight is 432 g/mol. The Balaban J connectivity index is 1.79. The molecule has 0 aromatic heterocycles. The number of halogens is 1. The second kappa shape index (κ2) is 8.66. The van der Waals surface area contributed by atoms with Gasteiger partial charge in [-0.1, -0.05) is 60.7 Å². The van der Waals surface area contributed by atoms with Gasteiger partial charge in [0.05, 0.1) is 23.6 Å². The first-order chi connectivity index (χ1) is 15.0. The van der Waals surface area contributed by atoms with Gasteiger partial charge in [0, 0.05) is 23.1 Å². The van der Waals surface area contributed by atoms with Gasteiger partial charge in [-0.05, 0) is 17.2 Å². The Morgan fingerprint density at radius 3 is 2.06 bits per heavy atom. The number of alkyl halides is 1. The quantitative estimate of drug-likeness (QED) is 0.468. The summed E-state index contributed by atoms with van der Waals surface area (Å²) in [5.74, 6) is -1.45. The van der Waals surface area contributed by atoms with E-state index in [9.17, 15) is 19.2 Å². The Morgan fingerprint density at radius 2 is 1.39 bits per heavy atom. The van der Waals surface area contributed by atoms with Crippen LogP contribution in [0.1, 0.15) is 43.0 Å². The van der Waals surface area contributed by atoms with E-state index in [4.69, 9.17) is 11.6 Å². The molecular weight excluding hydrogens is 414 g/mol. The summed E-state index contributed by atoms with van der Waals surface area (Å²) in [7, 11) is 0. The number of benzene rings is 3. The number of carbonyl (C=O) groups excluding carboxylic acids is 4. The third-order valence-electron chi connectivity index (χ3n) is 5.19. The van der Waals surface area contributed by atoms with Crippen LogP contribution in [0.25, 0.3) is 0 Å². The molecule has 3 aromatic carbocycles. The van der Waals surface area contributed by atoms with Crippen LogP contribution in [0, 0.1) is 0 Å². The van der Waals surface area contributed by atoms with Crippen LogP contribution in [-0.2, 0) is 22.4 Å². The zero-order valence-corrected chi connectivity index (χ0v) is 17.2. The largest absolute Gasteiger partial charge is 0.325 e. The van der Waals surface area contributed by atoms with E-state index in [1.165, 1.54) is 6.07 Å². The third kappa shape index (κ3) is 4.05. The monoisotopic (exact) mass is 431 g/mol. The van der Waals surface area contributed by atoms with Crippen molar-refractivity contribution in [2.75, 3.05) is 11.2 Å². The number of anilines is 1. The fraction of sp³-hybridized carbons (Fsp3) is 0.120. The molecule has 3 aromatic rings. The Kier molecular flexibility index (Phi) is 5.78. The molecule has 5 nitrogen and oxygen atoms in total. The predicted octanol–water partition coefficient (Wildman–Crippen LogP) is 3.99. The van der Waals surface area contributed by atoms with Crippen molar-refractivity contribution in [1.82, 2.24) is 0 Å². The SMILES string of the molecule is O=C(CCl)Cc1ccc2c(c1NC(=O)Cc1ccccc1)C(=O)c1ccccc1C2=O. The normalized spacial score (nSPS) is 12.2. The van der Waals surface area contributed by atoms with Crippen LogP contribution in [0.5, 0.6) is 0 Å².